The summed E-state index contributed by atoms with van der Waals surface area (Å²) < 4.78 is 5.70. The minimum Gasteiger partial charge on any atom is -0.447 e. The Balaban J connectivity index is 2.45. The largest absolute Gasteiger partial charge is 0.447 e. The van der Waals surface area contributed by atoms with Crippen molar-refractivity contribution in [2.24, 2.45) is 10.4 Å². The quantitative estimate of drug-likeness (QED) is 0.703. The van der Waals surface area contributed by atoms with E-state index in [0.717, 1.165) is 17.3 Å². The van der Waals surface area contributed by atoms with E-state index in [2.05, 4.69) is 52.0 Å². The van der Waals surface area contributed by atoms with Gasteiger partial charge in [-0.1, -0.05) is 18.2 Å². The molecule has 17 heavy (non-hydrogen) atoms. The fourth-order valence-corrected chi connectivity index (χ4v) is 2.13. The van der Waals surface area contributed by atoms with E-state index in [0.29, 0.717) is 0 Å². The molecule has 0 aliphatic carbocycles. The minimum absolute atomic E-state index is 0.112. The van der Waals surface area contributed by atoms with E-state index in [1.165, 1.54) is 11.1 Å². The fourth-order valence-electron chi connectivity index (χ4n) is 2.13. The number of aliphatic imine (C=N–C) groups is 1. The van der Waals surface area contributed by atoms with Crippen molar-refractivity contribution in [3.05, 3.63) is 41.2 Å². The monoisotopic (exact) mass is 229 g/mol. The number of allylic oxidation sites excluding steroid dienone is 1. The molecule has 0 atom stereocenters. The summed E-state index contributed by atoms with van der Waals surface area (Å²) in [5.41, 5.74) is 3.28. The molecule has 1 heterocycles. The Morgan fingerprint density at radius 3 is 2.12 bits per heavy atom. The summed E-state index contributed by atoms with van der Waals surface area (Å²) in [6, 6.07) is 6.21. The van der Waals surface area contributed by atoms with Crippen LogP contribution in [0.1, 0.15) is 31.9 Å². The van der Waals surface area contributed by atoms with Crippen molar-refractivity contribution < 1.29 is 4.74 Å². The lowest BCUT2D eigenvalue weighted by atomic mass is 9.94. The normalized spacial score (nSPS) is 20.3. The van der Waals surface area contributed by atoms with E-state index in [1.807, 2.05) is 6.92 Å². The molecule has 0 fully saturated rings. The van der Waals surface area contributed by atoms with Crippen molar-refractivity contribution in [3.8, 4) is 0 Å². The molecule has 0 aromatic heterocycles. The van der Waals surface area contributed by atoms with Crippen LogP contribution in [0.5, 0.6) is 0 Å². The molecule has 0 saturated carbocycles. The Morgan fingerprint density at radius 1 is 1.06 bits per heavy atom. The molecule has 0 saturated heterocycles. The number of ether oxygens (including phenoxy) is 1. The lowest BCUT2D eigenvalue weighted by Gasteiger charge is -2.15. The van der Waals surface area contributed by atoms with Gasteiger partial charge in [-0.3, -0.25) is 0 Å². The summed E-state index contributed by atoms with van der Waals surface area (Å²) >= 11 is 0. The molecule has 0 spiro atoms. The van der Waals surface area contributed by atoms with Gasteiger partial charge >= 0.3 is 0 Å². The molecular weight excluding hydrogens is 210 g/mol. The van der Waals surface area contributed by atoms with Crippen LogP contribution in [0, 0.1) is 19.3 Å². The molecule has 1 aromatic rings. The first kappa shape index (κ1) is 11.9. The second kappa shape index (κ2) is 4.02. The number of nitrogens with zero attached hydrogens (tertiary/aromatic N) is 1. The van der Waals surface area contributed by atoms with Crippen molar-refractivity contribution in [1.29, 1.82) is 0 Å². The topological polar surface area (TPSA) is 21.6 Å². The van der Waals surface area contributed by atoms with Gasteiger partial charge in [0.25, 0.3) is 0 Å². The molecule has 2 heteroatoms. The van der Waals surface area contributed by atoms with E-state index >= 15 is 0 Å². The summed E-state index contributed by atoms with van der Waals surface area (Å²) in [4.78, 5) is 4.70. The highest BCUT2D eigenvalue weighted by Crippen LogP contribution is 2.34. The van der Waals surface area contributed by atoms with E-state index in [9.17, 15) is 0 Å². The van der Waals surface area contributed by atoms with Crippen molar-refractivity contribution in [2.45, 2.75) is 34.6 Å². The van der Waals surface area contributed by atoms with Crippen LogP contribution in [-0.2, 0) is 4.74 Å². The third-order valence-electron chi connectivity index (χ3n) is 3.03. The van der Waals surface area contributed by atoms with Crippen LogP contribution in [0.3, 0.4) is 0 Å². The second-order valence-electron chi connectivity index (χ2n) is 5.24. The van der Waals surface area contributed by atoms with Gasteiger partial charge in [0.2, 0.25) is 5.90 Å². The highest BCUT2D eigenvalue weighted by molar-refractivity contribution is 5.89. The van der Waals surface area contributed by atoms with Crippen LogP contribution in [-0.4, -0.2) is 5.90 Å². The Morgan fingerprint density at radius 2 is 1.65 bits per heavy atom. The summed E-state index contributed by atoms with van der Waals surface area (Å²) in [5.74, 6) is 1.72. The second-order valence-corrected chi connectivity index (χ2v) is 5.24. The zero-order chi connectivity index (χ0) is 12.6. The fraction of sp³-hybridized carbons (Fsp3) is 0.400. The predicted molar refractivity (Wildman–Crippen MR) is 71.6 cm³/mol. The van der Waals surface area contributed by atoms with Crippen LogP contribution in [0.4, 0.5) is 5.69 Å². The van der Waals surface area contributed by atoms with Crippen molar-refractivity contribution in [2.75, 3.05) is 0 Å². The first-order chi connectivity index (χ1) is 7.90. The van der Waals surface area contributed by atoms with Gasteiger partial charge in [-0.2, -0.15) is 0 Å². The number of benzene rings is 1. The highest BCUT2D eigenvalue weighted by atomic mass is 16.5. The third-order valence-corrected chi connectivity index (χ3v) is 3.03. The summed E-state index contributed by atoms with van der Waals surface area (Å²) in [6.07, 6.45) is 2.11. The molecule has 0 amide bonds. The van der Waals surface area contributed by atoms with E-state index in [4.69, 9.17) is 9.73 Å². The van der Waals surface area contributed by atoms with Crippen molar-refractivity contribution in [3.63, 3.8) is 0 Å². The number of hydrogen-bond acceptors (Lipinski definition) is 2. The predicted octanol–water partition coefficient (Wildman–Crippen LogP) is 4.29. The summed E-state index contributed by atoms with van der Waals surface area (Å²) in [6.45, 7) is 10.4. The average molecular weight is 229 g/mol. The minimum atomic E-state index is -0.112. The maximum atomic E-state index is 5.70. The van der Waals surface area contributed by atoms with Gasteiger partial charge in [0.05, 0.1) is 16.9 Å². The number of aryl methyl sites for hydroxylation is 2. The zero-order valence-corrected chi connectivity index (χ0v) is 11.2. The first-order valence-electron chi connectivity index (χ1n) is 5.93. The van der Waals surface area contributed by atoms with Crippen LogP contribution in [0.15, 0.2) is 35.0 Å². The standard InChI is InChI=1S/C15H19NO/c1-10-7-6-8-11(2)13(10)16-14-15(4,5)9-12(3)17-14/h6-9H,1-5H3. The maximum Gasteiger partial charge on any atom is 0.204 e. The Kier molecular flexibility index (Phi) is 2.82. The SMILES string of the molecule is CC1=CC(C)(C)C(=Nc2c(C)cccc2C)O1. The van der Waals surface area contributed by atoms with Gasteiger partial charge in [0, 0.05) is 0 Å². The number of para-hydroxylation sites is 1. The summed E-state index contributed by atoms with van der Waals surface area (Å²) in [7, 11) is 0. The van der Waals surface area contributed by atoms with Crippen molar-refractivity contribution in [1.82, 2.24) is 0 Å². The van der Waals surface area contributed by atoms with E-state index < -0.39 is 0 Å². The van der Waals surface area contributed by atoms with Crippen molar-refractivity contribution >= 4 is 11.6 Å². The molecular formula is C15H19NO. The van der Waals surface area contributed by atoms with E-state index in [-0.39, 0.29) is 5.41 Å². The molecule has 0 unspecified atom stereocenters. The highest BCUT2D eigenvalue weighted by Gasteiger charge is 2.31. The van der Waals surface area contributed by atoms with Crippen LogP contribution in [0.25, 0.3) is 0 Å². The average Bonchev–Trinajstić information content (AvgIpc) is 2.45. The summed E-state index contributed by atoms with van der Waals surface area (Å²) in [5, 5.41) is 0. The van der Waals surface area contributed by atoms with Gasteiger partial charge < -0.3 is 4.74 Å². The lowest BCUT2D eigenvalue weighted by molar-refractivity contribution is 0.408. The van der Waals surface area contributed by atoms with Gasteiger partial charge in [-0.15, -0.1) is 0 Å². The van der Waals surface area contributed by atoms with E-state index in [1.54, 1.807) is 0 Å². The number of hydrogen-bond donors (Lipinski definition) is 0. The zero-order valence-electron chi connectivity index (χ0n) is 11.2. The number of rotatable bonds is 1. The molecule has 2 rings (SSSR count). The molecule has 1 aliphatic rings. The smallest absolute Gasteiger partial charge is 0.204 e. The Labute approximate surface area is 103 Å². The lowest BCUT2D eigenvalue weighted by Crippen LogP contribution is -2.18. The molecule has 0 N–H and O–H groups in total. The van der Waals surface area contributed by atoms with Gasteiger partial charge in [-0.05, 0) is 51.8 Å². The molecule has 0 bridgehead atoms. The molecule has 0 radical (unpaired) electrons. The molecule has 90 valence electrons. The molecule has 1 aliphatic heterocycles. The van der Waals surface area contributed by atoms with Crippen LogP contribution in [0.2, 0.25) is 0 Å². The Hall–Kier alpha value is -1.57. The van der Waals surface area contributed by atoms with Gasteiger partial charge in [-0.25, -0.2) is 4.99 Å². The van der Waals surface area contributed by atoms with Crippen LogP contribution >= 0.6 is 0 Å². The first-order valence-corrected chi connectivity index (χ1v) is 5.93. The Bertz CT molecular complexity index is 489. The van der Waals surface area contributed by atoms with Gasteiger partial charge in [0.1, 0.15) is 0 Å². The maximum absolute atomic E-state index is 5.70. The van der Waals surface area contributed by atoms with Crippen LogP contribution < -0.4 is 0 Å². The molecule has 1 aromatic carbocycles. The third kappa shape index (κ3) is 2.26. The van der Waals surface area contributed by atoms with Gasteiger partial charge in [0.15, 0.2) is 0 Å². The molecule has 2 nitrogen and oxygen atoms in total.